The van der Waals surface area contributed by atoms with Crippen LogP contribution in [-0.2, 0) is 9.84 Å². The van der Waals surface area contributed by atoms with E-state index in [0.717, 1.165) is 12.3 Å². The molecular weight excluding hydrogens is 306 g/mol. The van der Waals surface area contributed by atoms with Crippen molar-refractivity contribution in [3.63, 3.8) is 0 Å². The van der Waals surface area contributed by atoms with Crippen LogP contribution >= 0.6 is 11.8 Å². The lowest BCUT2D eigenvalue weighted by Crippen LogP contribution is -2.39. The molecule has 0 saturated carbocycles. The van der Waals surface area contributed by atoms with E-state index in [2.05, 4.69) is 27.8 Å². The normalized spacial score (nSPS) is 12.2. The van der Waals surface area contributed by atoms with Crippen LogP contribution in [0, 0.1) is 0 Å². The Morgan fingerprint density at radius 2 is 1.86 bits per heavy atom. The number of guanidine groups is 1. The van der Waals surface area contributed by atoms with Crippen LogP contribution in [0.3, 0.4) is 0 Å². The molecule has 0 radical (unpaired) electrons. The molecular formula is C14H23N3O2S2. The van der Waals surface area contributed by atoms with Crippen LogP contribution < -0.4 is 10.6 Å². The molecule has 0 fully saturated rings. The van der Waals surface area contributed by atoms with Gasteiger partial charge < -0.3 is 10.6 Å². The van der Waals surface area contributed by atoms with Gasteiger partial charge in [-0.3, -0.25) is 4.99 Å². The minimum absolute atomic E-state index is 0.195. The fourth-order valence-corrected chi connectivity index (χ4v) is 3.07. The second-order valence-corrected chi connectivity index (χ2v) is 8.00. The van der Waals surface area contributed by atoms with Crippen molar-refractivity contribution in [2.24, 2.45) is 4.99 Å². The molecule has 1 aromatic rings. The van der Waals surface area contributed by atoms with Gasteiger partial charge in [0.1, 0.15) is 9.84 Å². The minimum atomic E-state index is -2.88. The Hall–Kier alpha value is -1.21. The minimum Gasteiger partial charge on any atom is -0.356 e. The number of thioether (sulfide) groups is 1. The van der Waals surface area contributed by atoms with Gasteiger partial charge in [-0.25, -0.2) is 8.42 Å². The molecule has 7 heteroatoms. The summed E-state index contributed by atoms with van der Waals surface area (Å²) in [7, 11) is -1.18. The van der Waals surface area contributed by atoms with E-state index in [-0.39, 0.29) is 5.75 Å². The van der Waals surface area contributed by atoms with Gasteiger partial charge in [-0.05, 0) is 18.6 Å². The third kappa shape index (κ3) is 9.36. The van der Waals surface area contributed by atoms with Gasteiger partial charge in [-0.15, -0.1) is 11.8 Å². The molecule has 1 rings (SSSR count). The second-order valence-electron chi connectivity index (χ2n) is 4.57. The Morgan fingerprint density at radius 1 is 1.19 bits per heavy atom. The molecule has 21 heavy (non-hydrogen) atoms. The largest absolute Gasteiger partial charge is 0.356 e. The number of sulfone groups is 1. The lowest BCUT2D eigenvalue weighted by atomic mass is 10.4. The van der Waals surface area contributed by atoms with Gasteiger partial charge in [0.05, 0.1) is 5.75 Å². The molecule has 118 valence electrons. The lowest BCUT2D eigenvalue weighted by Gasteiger charge is -2.11. The first-order chi connectivity index (χ1) is 10.0. The molecule has 0 unspecified atom stereocenters. The first kappa shape index (κ1) is 17.8. The average Bonchev–Trinajstić information content (AvgIpc) is 2.45. The summed E-state index contributed by atoms with van der Waals surface area (Å²) >= 11 is 1.78. The van der Waals surface area contributed by atoms with E-state index in [9.17, 15) is 8.42 Å². The van der Waals surface area contributed by atoms with E-state index in [0.29, 0.717) is 18.9 Å². The molecule has 0 bridgehead atoms. The number of benzene rings is 1. The van der Waals surface area contributed by atoms with Crippen molar-refractivity contribution in [1.82, 2.24) is 10.6 Å². The Balaban J connectivity index is 2.14. The summed E-state index contributed by atoms with van der Waals surface area (Å²) < 4.78 is 22.0. The zero-order chi connectivity index (χ0) is 15.6. The van der Waals surface area contributed by atoms with Crippen molar-refractivity contribution in [2.45, 2.75) is 11.3 Å². The van der Waals surface area contributed by atoms with Crippen LogP contribution in [0.2, 0.25) is 0 Å². The highest BCUT2D eigenvalue weighted by Gasteiger charge is 2.02. The highest BCUT2D eigenvalue weighted by molar-refractivity contribution is 7.99. The van der Waals surface area contributed by atoms with Crippen LogP contribution in [-0.4, -0.2) is 52.3 Å². The van der Waals surface area contributed by atoms with Gasteiger partial charge in [0.15, 0.2) is 5.96 Å². The molecule has 2 N–H and O–H groups in total. The van der Waals surface area contributed by atoms with Crippen LogP contribution in [0.15, 0.2) is 40.2 Å². The summed E-state index contributed by atoms with van der Waals surface area (Å²) in [5.74, 6) is 1.84. The molecule has 0 heterocycles. The lowest BCUT2D eigenvalue weighted by molar-refractivity contribution is 0.598. The smallest absolute Gasteiger partial charge is 0.191 e. The number of hydrogen-bond acceptors (Lipinski definition) is 4. The first-order valence-electron chi connectivity index (χ1n) is 6.81. The van der Waals surface area contributed by atoms with Crippen molar-refractivity contribution < 1.29 is 8.42 Å². The average molecular weight is 329 g/mol. The van der Waals surface area contributed by atoms with Crippen molar-refractivity contribution >= 4 is 27.6 Å². The number of nitrogens with zero attached hydrogens (tertiary/aromatic N) is 1. The highest BCUT2D eigenvalue weighted by atomic mass is 32.2. The van der Waals surface area contributed by atoms with E-state index in [4.69, 9.17) is 0 Å². The molecule has 0 aromatic heterocycles. The monoisotopic (exact) mass is 329 g/mol. The Bertz CT molecular complexity index is 530. The zero-order valence-corrected chi connectivity index (χ0v) is 14.1. The van der Waals surface area contributed by atoms with Crippen molar-refractivity contribution in [3.8, 4) is 0 Å². The van der Waals surface area contributed by atoms with Gasteiger partial charge >= 0.3 is 0 Å². The van der Waals surface area contributed by atoms with E-state index in [1.165, 1.54) is 11.2 Å². The summed E-state index contributed by atoms with van der Waals surface area (Å²) in [6.45, 7) is 1.39. The van der Waals surface area contributed by atoms with Crippen LogP contribution in [0.1, 0.15) is 6.42 Å². The van der Waals surface area contributed by atoms with E-state index < -0.39 is 9.84 Å². The van der Waals surface area contributed by atoms with E-state index >= 15 is 0 Å². The molecule has 0 amide bonds. The quantitative estimate of drug-likeness (QED) is 0.326. The predicted octanol–water partition coefficient (Wildman–Crippen LogP) is 1.38. The van der Waals surface area contributed by atoms with Gasteiger partial charge in [-0.2, -0.15) is 0 Å². The summed E-state index contributed by atoms with van der Waals surface area (Å²) in [5.41, 5.74) is 0. The summed E-state index contributed by atoms with van der Waals surface area (Å²) in [5, 5.41) is 6.31. The topological polar surface area (TPSA) is 70.6 Å². The van der Waals surface area contributed by atoms with Crippen LogP contribution in [0.4, 0.5) is 0 Å². The van der Waals surface area contributed by atoms with Crippen LogP contribution in [0.25, 0.3) is 0 Å². The fraction of sp³-hybridized carbons (Fsp3) is 0.500. The summed E-state index contributed by atoms with van der Waals surface area (Å²) in [4.78, 5) is 5.35. The fourth-order valence-electron chi connectivity index (χ4n) is 1.62. The third-order valence-corrected chi connectivity index (χ3v) is 4.66. The van der Waals surface area contributed by atoms with Gasteiger partial charge in [0.25, 0.3) is 0 Å². The molecule has 0 atom stereocenters. The highest BCUT2D eigenvalue weighted by Crippen LogP contribution is 2.15. The Morgan fingerprint density at radius 3 is 2.48 bits per heavy atom. The summed E-state index contributed by atoms with van der Waals surface area (Å²) in [6, 6.07) is 10.2. The Kier molecular flexibility index (Phi) is 8.22. The van der Waals surface area contributed by atoms with E-state index in [1.54, 1.807) is 18.8 Å². The summed E-state index contributed by atoms with van der Waals surface area (Å²) in [6.07, 6.45) is 1.83. The number of rotatable bonds is 8. The maximum absolute atomic E-state index is 11.0. The number of hydrogen-bond donors (Lipinski definition) is 2. The molecule has 0 spiro atoms. The maximum atomic E-state index is 11.0. The predicted molar refractivity (Wildman–Crippen MR) is 90.9 cm³/mol. The SMILES string of the molecule is CN=C(NCCCS(C)(=O)=O)NCCSc1ccccc1. The molecule has 1 aromatic carbocycles. The molecule has 0 aliphatic rings. The van der Waals surface area contributed by atoms with Gasteiger partial charge in [-0.1, -0.05) is 18.2 Å². The first-order valence-corrected chi connectivity index (χ1v) is 9.86. The standard InChI is InChI=1S/C14H23N3O2S2/c1-15-14(16-9-6-12-21(2,18)19)17-10-11-20-13-7-4-3-5-8-13/h3-5,7-8H,6,9-12H2,1-2H3,(H2,15,16,17). The van der Waals surface area contributed by atoms with Crippen molar-refractivity contribution in [2.75, 3.05) is 37.9 Å². The second kappa shape index (κ2) is 9.68. The third-order valence-electron chi connectivity index (χ3n) is 2.61. The number of aliphatic imine (C=N–C) groups is 1. The molecule has 0 aliphatic heterocycles. The van der Waals surface area contributed by atoms with Crippen LogP contribution in [0.5, 0.6) is 0 Å². The van der Waals surface area contributed by atoms with Gasteiger partial charge in [0.2, 0.25) is 0 Å². The van der Waals surface area contributed by atoms with Crippen molar-refractivity contribution in [1.29, 1.82) is 0 Å². The molecule has 5 nitrogen and oxygen atoms in total. The number of nitrogens with one attached hydrogen (secondary N) is 2. The maximum Gasteiger partial charge on any atom is 0.191 e. The molecule has 0 aliphatic carbocycles. The van der Waals surface area contributed by atoms with E-state index in [1.807, 2.05) is 18.2 Å². The van der Waals surface area contributed by atoms with Gasteiger partial charge in [0, 0.05) is 37.0 Å². The van der Waals surface area contributed by atoms with Crippen molar-refractivity contribution in [3.05, 3.63) is 30.3 Å². The zero-order valence-electron chi connectivity index (χ0n) is 12.5. The Labute approximate surface area is 131 Å². The molecule has 0 saturated heterocycles.